The summed E-state index contributed by atoms with van der Waals surface area (Å²) in [5, 5.41) is 0. The maximum Gasteiger partial charge on any atom is 0.119 e. The Bertz CT molecular complexity index is 308. The minimum Gasteiger partial charge on any atom is -0.492 e. The van der Waals surface area contributed by atoms with Gasteiger partial charge in [-0.3, -0.25) is 0 Å². The van der Waals surface area contributed by atoms with Gasteiger partial charge in [-0.2, -0.15) is 0 Å². The lowest BCUT2D eigenvalue weighted by Gasteiger charge is -2.06. The first-order valence-electron chi connectivity index (χ1n) is 7.78. The zero-order chi connectivity index (χ0) is 13.8. The van der Waals surface area contributed by atoms with E-state index in [9.17, 15) is 0 Å². The number of hydrogen-bond donors (Lipinski definition) is 1. The van der Waals surface area contributed by atoms with Gasteiger partial charge in [0, 0.05) is 6.54 Å². The van der Waals surface area contributed by atoms with Gasteiger partial charge in [-0.05, 0) is 30.5 Å². The molecule has 0 saturated heterocycles. The van der Waals surface area contributed by atoms with Gasteiger partial charge in [0.25, 0.3) is 0 Å². The van der Waals surface area contributed by atoms with Crippen LogP contribution >= 0.6 is 0 Å². The van der Waals surface area contributed by atoms with E-state index >= 15 is 0 Å². The first-order chi connectivity index (χ1) is 9.36. The molecular weight excluding hydrogens is 234 g/mol. The highest BCUT2D eigenvalue weighted by atomic mass is 16.5. The summed E-state index contributed by atoms with van der Waals surface area (Å²) in [6.07, 6.45) is 10.8. The highest BCUT2D eigenvalue weighted by Crippen LogP contribution is 2.15. The van der Waals surface area contributed by atoms with Crippen LogP contribution in [-0.2, 0) is 6.42 Å². The Kier molecular flexibility index (Phi) is 9.17. The lowest BCUT2D eigenvalue weighted by Crippen LogP contribution is -2.10. The van der Waals surface area contributed by atoms with Crippen LogP contribution in [0.2, 0.25) is 0 Å². The smallest absolute Gasteiger partial charge is 0.119 e. The van der Waals surface area contributed by atoms with Crippen LogP contribution in [-0.4, -0.2) is 13.2 Å². The quantitative estimate of drug-likeness (QED) is 0.604. The van der Waals surface area contributed by atoms with Crippen molar-refractivity contribution < 1.29 is 4.74 Å². The van der Waals surface area contributed by atoms with Gasteiger partial charge >= 0.3 is 0 Å². The highest BCUT2D eigenvalue weighted by molar-refractivity contribution is 5.27. The Hall–Kier alpha value is -1.02. The molecule has 0 aliphatic heterocycles. The van der Waals surface area contributed by atoms with Gasteiger partial charge in [0.2, 0.25) is 0 Å². The highest BCUT2D eigenvalue weighted by Gasteiger charge is 1.96. The van der Waals surface area contributed by atoms with E-state index in [4.69, 9.17) is 10.5 Å². The second-order valence-corrected chi connectivity index (χ2v) is 5.15. The molecule has 1 aromatic carbocycles. The predicted octanol–water partition coefficient (Wildman–Crippen LogP) is 4.32. The third-order valence-corrected chi connectivity index (χ3v) is 3.38. The number of unbranched alkanes of at least 4 members (excludes halogenated alkanes) is 6. The molecule has 19 heavy (non-hydrogen) atoms. The van der Waals surface area contributed by atoms with Crippen molar-refractivity contribution in [2.45, 2.75) is 58.3 Å². The predicted molar refractivity (Wildman–Crippen MR) is 82.7 cm³/mol. The van der Waals surface area contributed by atoms with Gasteiger partial charge in [0.05, 0.1) is 0 Å². The molecule has 0 radical (unpaired) electrons. The largest absolute Gasteiger partial charge is 0.492 e. The first-order valence-corrected chi connectivity index (χ1v) is 7.78. The van der Waals surface area contributed by atoms with Crippen molar-refractivity contribution in [3.8, 4) is 5.75 Å². The van der Waals surface area contributed by atoms with E-state index < -0.39 is 0 Å². The van der Waals surface area contributed by atoms with Crippen LogP contribution in [0.25, 0.3) is 0 Å². The van der Waals surface area contributed by atoms with Crippen molar-refractivity contribution in [3.63, 3.8) is 0 Å². The van der Waals surface area contributed by atoms with Crippen molar-refractivity contribution in [1.29, 1.82) is 0 Å². The van der Waals surface area contributed by atoms with Crippen molar-refractivity contribution in [1.82, 2.24) is 0 Å². The maximum absolute atomic E-state index is 5.47. The molecule has 0 fully saturated rings. The Balaban J connectivity index is 2.09. The van der Waals surface area contributed by atoms with Gasteiger partial charge in [-0.15, -0.1) is 0 Å². The Morgan fingerprint density at radius 3 is 2.16 bits per heavy atom. The van der Waals surface area contributed by atoms with E-state index in [1.165, 1.54) is 56.9 Å². The van der Waals surface area contributed by atoms with Crippen LogP contribution in [0.15, 0.2) is 24.3 Å². The molecule has 108 valence electrons. The summed E-state index contributed by atoms with van der Waals surface area (Å²) >= 11 is 0. The second-order valence-electron chi connectivity index (χ2n) is 5.15. The number of benzene rings is 1. The van der Waals surface area contributed by atoms with Gasteiger partial charge < -0.3 is 10.5 Å². The summed E-state index contributed by atoms with van der Waals surface area (Å²) in [5.41, 5.74) is 6.82. The summed E-state index contributed by atoms with van der Waals surface area (Å²) in [4.78, 5) is 0. The third-order valence-electron chi connectivity index (χ3n) is 3.38. The summed E-state index contributed by atoms with van der Waals surface area (Å²) in [6.45, 7) is 3.43. The molecule has 0 unspecified atom stereocenters. The van der Waals surface area contributed by atoms with Crippen molar-refractivity contribution in [2.75, 3.05) is 13.2 Å². The van der Waals surface area contributed by atoms with E-state index in [1.54, 1.807) is 0 Å². The monoisotopic (exact) mass is 263 g/mol. The average molecular weight is 263 g/mol. The Labute approximate surface area is 118 Å². The Morgan fingerprint density at radius 1 is 0.895 bits per heavy atom. The topological polar surface area (TPSA) is 35.2 Å². The van der Waals surface area contributed by atoms with Crippen LogP contribution in [0.4, 0.5) is 0 Å². The molecule has 2 heteroatoms. The zero-order valence-corrected chi connectivity index (χ0v) is 12.4. The van der Waals surface area contributed by atoms with Gasteiger partial charge in [-0.25, -0.2) is 0 Å². The third kappa shape index (κ3) is 7.89. The molecule has 2 nitrogen and oxygen atoms in total. The molecule has 1 rings (SSSR count). The van der Waals surface area contributed by atoms with Gasteiger partial charge in [-0.1, -0.05) is 57.6 Å². The van der Waals surface area contributed by atoms with E-state index in [1.807, 2.05) is 12.1 Å². The van der Waals surface area contributed by atoms with Crippen molar-refractivity contribution in [2.24, 2.45) is 5.73 Å². The standard InChI is InChI=1S/C17H29NO/c1-2-3-4-5-6-7-8-9-16-10-12-17(13-11-16)19-15-14-18/h10-13H,2-9,14-15,18H2,1H3. The molecule has 0 aliphatic rings. The lowest BCUT2D eigenvalue weighted by molar-refractivity contribution is 0.328. The Morgan fingerprint density at radius 2 is 1.53 bits per heavy atom. The van der Waals surface area contributed by atoms with Crippen LogP contribution < -0.4 is 10.5 Å². The lowest BCUT2D eigenvalue weighted by atomic mass is 10.0. The molecule has 0 heterocycles. The minimum atomic E-state index is 0.569. The van der Waals surface area contributed by atoms with Crippen LogP contribution in [0, 0.1) is 0 Å². The summed E-state index contributed by atoms with van der Waals surface area (Å²) in [6, 6.07) is 8.43. The summed E-state index contributed by atoms with van der Waals surface area (Å²) < 4.78 is 5.47. The van der Waals surface area contributed by atoms with Crippen LogP contribution in [0.5, 0.6) is 5.75 Å². The van der Waals surface area contributed by atoms with Crippen molar-refractivity contribution in [3.05, 3.63) is 29.8 Å². The fourth-order valence-electron chi connectivity index (χ4n) is 2.22. The maximum atomic E-state index is 5.47. The van der Waals surface area contributed by atoms with E-state index in [2.05, 4.69) is 19.1 Å². The normalized spacial score (nSPS) is 10.6. The molecule has 0 aliphatic carbocycles. The molecule has 0 bridgehead atoms. The molecule has 0 amide bonds. The fourth-order valence-corrected chi connectivity index (χ4v) is 2.22. The number of hydrogen-bond acceptors (Lipinski definition) is 2. The van der Waals surface area contributed by atoms with E-state index in [0.717, 1.165) is 5.75 Å². The molecular formula is C17H29NO. The first kappa shape index (κ1) is 16.0. The van der Waals surface area contributed by atoms with E-state index in [0.29, 0.717) is 13.2 Å². The van der Waals surface area contributed by atoms with E-state index in [-0.39, 0.29) is 0 Å². The molecule has 2 N–H and O–H groups in total. The van der Waals surface area contributed by atoms with Crippen molar-refractivity contribution >= 4 is 0 Å². The summed E-state index contributed by atoms with van der Waals surface area (Å²) in [7, 11) is 0. The fraction of sp³-hybridized carbons (Fsp3) is 0.647. The molecule has 1 aromatic rings. The van der Waals surface area contributed by atoms with Crippen LogP contribution in [0.1, 0.15) is 57.4 Å². The van der Waals surface area contributed by atoms with Gasteiger partial charge in [0.1, 0.15) is 12.4 Å². The number of aryl methyl sites for hydroxylation is 1. The SMILES string of the molecule is CCCCCCCCCc1ccc(OCCN)cc1. The molecule has 0 saturated carbocycles. The number of ether oxygens (including phenoxy) is 1. The number of nitrogens with two attached hydrogens (primary N) is 1. The average Bonchev–Trinajstić information content (AvgIpc) is 2.45. The van der Waals surface area contributed by atoms with Gasteiger partial charge in [0.15, 0.2) is 0 Å². The summed E-state index contributed by atoms with van der Waals surface area (Å²) in [5.74, 6) is 0.925. The molecule has 0 aromatic heterocycles. The zero-order valence-electron chi connectivity index (χ0n) is 12.4. The second kappa shape index (κ2) is 10.9. The minimum absolute atomic E-state index is 0.569. The number of rotatable bonds is 11. The van der Waals surface area contributed by atoms with Crippen LogP contribution in [0.3, 0.4) is 0 Å². The molecule has 0 spiro atoms. The molecule has 0 atom stereocenters.